The van der Waals surface area contributed by atoms with Gasteiger partial charge in [0.15, 0.2) is 0 Å². The fraction of sp³-hybridized carbons (Fsp3) is 0.273. The third-order valence-electron chi connectivity index (χ3n) is 2.50. The molecule has 5 nitrogen and oxygen atoms in total. The van der Waals surface area contributed by atoms with Crippen molar-refractivity contribution in [3.8, 4) is 0 Å². The molecule has 0 saturated heterocycles. The van der Waals surface area contributed by atoms with Crippen LogP contribution in [0.15, 0.2) is 21.0 Å². The van der Waals surface area contributed by atoms with Crippen LogP contribution in [-0.4, -0.2) is 17.2 Å². The molecule has 0 aliphatic carbocycles. The molecular weight excluding hydrogens is 322 g/mol. The lowest BCUT2D eigenvalue weighted by Crippen LogP contribution is -2.12. The number of nitrogens with zero attached hydrogens (tertiary/aromatic N) is 2. The second kappa shape index (κ2) is 5.62. The van der Waals surface area contributed by atoms with E-state index in [4.69, 9.17) is 4.42 Å². The number of hydrogen-bond acceptors (Lipinski definition) is 5. The molecule has 0 amide bonds. The molecule has 0 aliphatic heterocycles. The third kappa shape index (κ3) is 3.07. The monoisotopic (exact) mass is 332 g/mol. The second-order valence-corrected chi connectivity index (χ2v) is 4.68. The van der Waals surface area contributed by atoms with E-state index in [0.717, 1.165) is 12.1 Å². The molecule has 2 N–H and O–H groups in total. The van der Waals surface area contributed by atoms with Crippen LogP contribution in [0.2, 0.25) is 0 Å². The summed E-state index contributed by atoms with van der Waals surface area (Å²) >= 11 is 2.90. The molecular formula is C11H11BrF2N4O. The minimum Gasteiger partial charge on any atom is -0.406 e. The maximum absolute atomic E-state index is 13.6. The highest BCUT2D eigenvalue weighted by Gasteiger charge is 2.14. The highest BCUT2D eigenvalue weighted by atomic mass is 79.9. The molecule has 102 valence electrons. The quantitative estimate of drug-likeness (QED) is 0.842. The molecule has 0 spiro atoms. The molecule has 1 unspecified atom stereocenters. The summed E-state index contributed by atoms with van der Waals surface area (Å²) in [6, 6.07) is 1.89. The van der Waals surface area contributed by atoms with Gasteiger partial charge in [-0.3, -0.25) is 0 Å². The van der Waals surface area contributed by atoms with Crippen molar-refractivity contribution >= 4 is 27.6 Å². The number of hydrogen-bond donors (Lipinski definition) is 2. The summed E-state index contributed by atoms with van der Waals surface area (Å²) in [4.78, 5) is 0. The summed E-state index contributed by atoms with van der Waals surface area (Å²) in [6.45, 7) is 1.83. The fourth-order valence-corrected chi connectivity index (χ4v) is 1.63. The first-order valence-corrected chi connectivity index (χ1v) is 6.22. The van der Waals surface area contributed by atoms with Gasteiger partial charge in [-0.15, -0.1) is 5.10 Å². The topological polar surface area (TPSA) is 63.0 Å². The first kappa shape index (κ1) is 13.9. The van der Waals surface area contributed by atoms with Crippen LogP contribution in [0.3, 0.4) is 0 Å². The smallest absolute Gasteiger partial charge is 0.320 e. The van der Waals surface area contributed by atoms with Gasteiger partial charge in [0.2, 0.25) is 5.89 Å². The van der Waals surface area contributed by atoms with E-state index < -0.39 is 11.6 Å². The van der Waals surface area contributed by atoms with Crippen molar-refractivity contribution < 1.29 is 13.2 Å². The molecule has 8 heteroatoms. The number of halogens is 3. The van der Waals surface area contributed by atoms with E-state index in [1.807, 2.05) is 6.92 Å². The van der Waals surface area contributed by atoms with Gasteiger partial charge in [0.25, 0.3) is 0 Å². The van der Waals surface area contributed by atoms with Gasteiger partial charge in [-0.05, 0) is 36.0 Å². The van der Waals surface area contributed by atoms with Crippen molar-refractivity contribution in [1.29, 1.82) is 0 Å². The van der Waals surface area contributed by atoms with Crippen LogP contribution >= 0.6 is 15.9 Å². The van der Waals surface area contributed by atoms with Crippen LogP contribution in [-0.2, 0) is 0 Å². The van der Waals surface area contributed by atoms with E-state index in [1.54, 1.807) is 7.05 Å². The normalized spacial score (nSPS) is 12.5. The Hall–Kier alpha value is -1.54. The summed E-state index contributed by atoms with van der Waals surface area (Å²) in [5.74, 6) is -0.870. The van der Waals surface area contributed by atoms with Gasteiger partial charge in [0.05, 0.1) is 16.2 Å². The van der Waals surface area contributed by atoms with E-state index in [2.05, 4.69) is 36.8 Å². The highest BCUT2D eigenvalue weighted by molar-refractivity contribution is 9.10. The van der Waals surface area contributed by atoms with Crippen molar-refractivity contribution in [1.82, 2.24) is 15.5 Å². The largest absolute Gasteiger partial charge is 0.406 e. The number of benzene rings is 1. The lowest BCUT2D eigenvalue weighted by molar-refractivity contribution is 0.443. The first-order valence-electron chi connectivity index (χ1n) is 5.43. The van der Waals surface area contributed by atoms with Crippen LogP contribution in [0.25, 0.3) is 0 Å². The summed E-state index contributed by atoms with van der Waals surface area (Å²) in [5, 5.41) is 12.9. The van der Waals surface area contributed by atoms with Gasteiger partial charge in [0.1, 0.15) is 11.6 Å². The molecule has 1 aromatic heterocycles. The molecule has 2 rings (SSSR count). The van der Waals surface area contributed by atoms with Crippen LogP contribution < -0.4 is 10.6 Å². The zero-order valence-corrected chi connectivity index (χ0v) is 11.8. The molecule has 0 bridgehead atoms. The standard InChI is InChI=1S/C11H11BrF2N4O/c1-5(15-2)10-17-18-11(19-10)16-9-4-7(13)6(12)3-8(9)14/h3-5,15H,1-2H3,(H,16,18). The maximum atomic E-state index is 13.6. The molecule has 0 aliphatic rings. The van der Waals surface area contributed by atoms with Crippen molar-refractivity contribution in [3.05, 3.63) is 34.1 Å². The predicted molar refractivity (Wildman–Crippen MR) is 69.1 cm³/mol. The summed E-state index contributed by atoms with van der Waals surface area (Å²) in [7, 11) is 1.74. The Balaban J connectivity index is 2.22. The van der Waals surface area contributed by atoms with Crippen LogP contribution in [0, 0.1) is 11.6 Å². The lowest BCUT2D eigenvalue weighted by atomic mass is 10.3. The van der Waals surface area contributed by atoms with Gasteiger partial charge in [-0.25, -0.2) is 8.78 Å². The molecule has 19 heavy (non-hydrogen) atoms. The summed E-state index contributed by atoms with van der Waals surface area (Å²) in [5.41, 5.74) is -0.0759. The maximum Gasteiger partial charge on any atom is 0.320 e. The molecule has 2 aromatic rings. The van der Waals surface area contributed by atoms with Crippen molar-refractivity contribution in [2.24, 2.45) is 0 Å². The number of nitrogens with one attached hydrogen (secondary N) is 2. The van der Waals surface area contributed by atoms with E-state index in [-0.39, 0.29) is 22.2 Å². The average Bonchev–Trinajstić information content (AvgIpc) is 2.83. The zero-order valence-electron chi connectivity index (χ0n) is 10.2. The van der Waals surface area contributed by atoms with E-state index in [0.29, 0.717) is 5.89 Å². The predicted octanol–water partition coefficient (Wildman–Crippen LogP) is 3.13. The van der Waals surface area contributed by atoms with Gasteiger partial charge in [0, 0.05) is 6.07 Å². The third-order valence-corrected chi connectivity index (χ3v) is 3.10. The first-order chi connectivity index (χ1) is 9.01. The fourth-order valence-electron chi connectivity index (χ4n) is 1.32. The Labute approximate surface area is 116 Å². The summed E-state index contributed by atoms with van der Waals surface area (Å²) in [6.07, 6.45) is 0. The zero-order chi connectivity index (χ0) is 14.0. The van der Waals surface area contributed by atoms with E-state index in [9.17, 15) is 8.78 Å². The van der Waals surface area contributed by atoms with Crippen molar-refractivity contribution in [2.45, 2.75) is 13.0 Å². The lowest BCUT2D eigenvalue weighted by Gasteiger charge is -2.05. The number of rotatable bonds is 4. The Kier molecular flexibility index (Phi) is 4.11. The summed E-state index contributed by atoms with van der Waals surface area (Å²) < 4.78 is 32.2. The van der Waals surface area contributed by atoms with Gasteiger partial charge < -0.3 is 15.1 Å². The number of aromatic nitrogens is 2. The Morgan fingerprint density at radius 1 is 1.26 bits per heavy atom. The van der Waals surface area contributed by atoms with E-state index in [1.165, 1.54) is 0 Å². The Morgan fingerprint density at radius 3 is 2.68 bits per heavy atom. The molecule has 0 saturated carbocycles. The van der Waals surface area contributed by atoms with Crippen LogP contribution in [0.5, 0.6) is 0 Å². The minimum atomic E-state index is -0.630. The molecule has 0 fully saturated rings. The van der Waals surface area contributed by atoms with Crippen LogP contribution in [0.1, 0.15) is 18.9 Å². The number of anilines is 2. The van der Waals surface area contributed by atoms with Crippen molar-refractivity contribution in [2.75, 3.05) is 12.4 Å². The van der Waals surface area contributed by atoms with Gasteiger partial charge in [-0.2, -0.15) is 0 Å². The highest BCUT2D eigenvalue weighted by Crippen LogP contribution is 2.26. The minimum absolute atomic E-state index is 0.00211. The van der Waals surface area contributed by atoms with Crippen LogP contribution in [0.4, 0.5) is 20.5 Å². The Bertz CT molecular complexity index is 590. The van der Waals surface area contributed by atoms with Gasteiger partial charge >= 0.3 is 6.01 Å². The molecule has 1 aromatic carbocycles. The Morgan fingerprint density at radius 2 is 2.00 bits per heavy atom. The molecule has 0 radical (unpaired) electrons. The second-order valence-electron chi connectivity index (χ2n) is 3.83. The van der Waals surface area contributed by atoms with E-state index >= 15 is 0 Å². The average molecular weight is 333 g/mol. The van der Waals surface area contributed by atoms with Crippen molar-refractivity contribution in [3.63, 3.8) is 0 Å². The van der Waals surface area contributed by atoms with Gasteiger partial charge in [-0.1, -0.05) is 5.10 Å². The SMILES string of the molecule is CNC(C)c1nnc(Nc2cc(F)c(Br)cc2F)o1. The molecule has 1 atom stereocenters. The molecule has 1 heterocycles.